The standard InChI is InChI=1S/C17H24ClNO/c1-2-19-12-17(9-10-20-16(17)14-5-6-14)11-13-3-7-15(18)8-4-13/h3-4,7-8,14,16,19H,2,5-6,9-12H2,1H3. The molecule has 2 fully saturated rings. The summed E-state index contributed by atoms with van der Waals surface area (Å²) in [6.07, 6.45) is 5.40. The first-order chi connectivity index (χ1) is 9.73. The van der Waals surface area contributed by atoms with Crippen LogP contribution in [0.2, 0.25) is 5.02 Å². The van der Waals surface area contributed by atoms with Gasteiger partial charge >= 0.3 is 0 Å². The average molecular weight is 294 g/mol. The van der Waals surface area contributed by atoms with Gasteiger partial charge in [-0.2, -0.15) is 0 Å². The van der Waals surface area contributed by atoms with Crippen molar-refractivity contribution in [2.24, 2.45) is 11.3 Å². The molecule has 0 bridgehead atoms. The fourth-order valence-corrected chi connectivity index (χ4v) is 3.69. The summed E-state index contributed by atoms with van der Waals surface area (Å²) in [6.45, 7) is 5.19. The van der Waals surface area contributed by atoms with Gasteiger partial charge in [0, 0.05) is 23.6 Å². The predicted molar refractivity (Wildman–Crippen MR) is 83.2 cm³/mol. The van der Waals surface area contributed by atoms with E-state index in [-0.39, 0.29) is 5.41 Å². The van der Waals surface area contributed by atoms with E-state index >= 15 is 0 Å². The van der Waals surface area contributed by atoms with Gasteiger partial charge in [-0.3, -0.25) is 0 Å². The van der Waals surface area contributed by atoms with Gasteiger partial charge in [0.1, 0.15) is 0 Å². The lowest BCUT2D eigenvalue weighted by Crippen LogP contribution is -2.43. The second kappa shape index (κ2) is 6.05. The number of rotatable bonds is 6. The largest absolute Gasteiger partial charge is 0.377 e. The molecular weight excluding hydrogens is 270 g/mol. The average Bonchev–Trinajstić information content (AvgIpc) is 3.21. The van der Waals surface area contributed by atoms with Gasteiger partial charge in [-0.1, -0.05) is 30.7 Å². The van der Waals surface area contributed by atoms with Gasteiger partial charge in [-0.25, -0.2) is 0 Å². The fourth-order valence-electron chi connectivity index (χ4n) is 3.57. The molecule has 2 unspecified atom stereocenters. The number of hydrogen-bond acceptors (Lipinski definition) is 2. The zero-order valence-electron chi connectivity index (χ0n) is 12.2. The molecule has 2 atom stereocenters. The van der Waals surface area contributed by atoms with E-state index in [1.807, 2.05) is 12.1 Å². The van der Waals surface area contributed by atoms with E-state index < -0.39 is 0 Å². The molecule has 1 saturated heterocycles. The maximum atomic E-state index is 6.12. The molecule has 20 heavy (non-hydrogen) atoms. The van der Waals surface area contributed by atoms with Crippen molar-refractivity contribution in [1.29, 1.82) is 0 Å². The zero-order valence-corrected chi connectivity index (χ0v) is 13.0. The minimum Gasteiger partial charge on any atom is -0.377 e. The van der Waals surface area contributed by atoms with E-state index in [2.05, 4.69) is 24.4 Å². The first kappa shape index (κ1) is 14.4. The van der Waals surface area contributed by atoms with Crippen molar-refractivity contribution < 1.29 is 4.74 Å². The van der Waals surface area contributed by atoms with Crippen molar-refractivity contribution in [2.75, 3.05) is 19.7 Å². The van der Waals surface area contributed by atoms with E-state index in [1.165, 1.54) is 24.8 Å². The molecule has 0 spiro atoms. The van der Waals surface area contributed by atoms with Gasteiger partial charge in [0.2, 0.25) is 0 Å². The Balaban J connectivity index is 1.79. The molecule has 2 aliphatic rings. The topological polar surface area (TPSA) is 21.3 Å². The van der Waals surface area contributed by atoms with Gasteiger partial charge in [0.05, 0.1) is 6.10 Å². The molecule has 0 amide bonds. The number of benzene rings is 1. The number of hydrogen-bond donors (Lipinski definition) is 1. The SMILES string of the molecule is CCNCC1(Cc2ccc(Cl)cc2)CCOC1C1CC1. The van der Waals surface area contributed by atoms with Gasteiger partial charge in [-0.05, 0) is 55.8 Å². The van der Waals surface area contributed by atoms with Gasteiger partial charge in [0.25, 0.3) is 0 Å². The van der Waals surface area contributed by atoms with Crippen LogP contribution in [0.5, 0.6) is 0 Å². The Morgan fingerprint density at radius 1 is 1.30 bits per heavy atom. The molecule has 2 nitrogen and oxygen atoms in total. The Morgan fingerprint density at radius 2 is 2.05 bits per heavy atom. The second-order valence-electron chi connectivity index (χ2n) is 6.32. The van der Waals surface area contributed by atoms with Crippen LogP contribution in [0.25, 0.3) is 0 Å². The summed E-state index contributed by atoms with van der Waals surface area (Å²) >= 11 is 6.00. The molecule has 0 aromatic heterocycles. The Hall–Kier alpha value is -0.570. The molecule has 1 aliphatic heterocycles. The minimum absolute atomic E-state index is 0.269. The van der Waals surface area contributed by atoms with Crippen LogP contribution in [0.1, 0.15) is 31.7 Å². The number of nitrogens with one attached hydrogen (secondary N) is 1. The number of halogens is 1. The first-order valence-electron chi connectivity index (χ1n) is 7.80. The molecule has 1 aliphatic carbocycles. The molecule has 3 rings (SSSR count). The van der Waals surface area contributed by atoms with Crippen LogP contribution < -0.4 is 5.32 Å². The normalized spacial score (nSPS) is 29.8. The molecule has 110 valence electrons. The Kier molecular flexibility index (Phi) is 4.34. The van der Waals surface area contributed by atoms with Crippen molar-refractivity contribution in [3.8, 4) is 0 Å². The first-order valence-corrected chi connectivity index (χ1v) is 8.18. The van der Waals surface area contributed by atoms with Crippen LogP contribution in [0, 0.1) is 11.3 Å². The summed E-state index contributed by atoms with van der Waals surface area (Å²) in [7, 11) is 0. The van der Waals surface area contributed by atoms with Crippen LogP contribution in [0.15, 0.2) is 24.3 Å². The van der Waals surface area contributed by atoms with Crippen molar-refractivity contribution >= 4 is 11.6 Å². The van der Waals surface area contributed by atoms with E-state index in [0.29, 0.717) is 6.10 Å². The van der Waals surface area contributed by atoms with E-state index in [0.717, 1.165) is 37.1 Å². The van der Waals surface area contributed by atoms with E-state index in [4.69, 9.17) is 16.3 Å². The lowest BCUT2D eigenvalue weighted by molar-refractivity contribution is 0.0309. The van der Waals surface area contributed by atoms with Crippen molar-refractivity contribution in [3.05, 3.63) is 34.9 Å². The van der Waals surface area contributed by atoms with Crippen molar-refractivity contribution in [1.82, 2.24) is 5.32 Å². The highest BCUT2D eigenvalue weighted by Gasteiger charge is 2.50. The van der Waals surface area contributed by atoms with Gasteiger partial charge in [0.15, 0.2) is 0 Å². The Morgan fingerprint density at radius 3 is 2.70 bits per heavy atom. The summed E-state index contributed by atoms with van der Waals surface area (Å²) in [4.78, 5) is 0. The lowest BCUT2D eigenvalue weighted by atomic mass is 9.74. The second-order valence-corrected chi connectivity index (χ2v) is 6.76. The van der Waals surface area contributed by atoms with Gasteiger partial charge in [-0.15, -0.1) is 0 Å². The maximum absolute atomic E-state index is 6.12. The van der Waals surface area contributed by atoms with E-state index in [1.54, 1.807) is 0 Å². The molecule has 1 aromatic rings. The highest BCUT2D eigenvalue weighted by molar-refractivity contribution is 6.30. The Bertz CT molecular complexity index is 443. The molecule has 1 heterocycles. The molecule has 0 radical (unpaired) electrons. The third-order valence-corrected chi connectivity index (χ3v) is 5.00. The van der Waals surface area contributed by atoms with Gasteiger partial charge < -0.3 is 10.1 Å². The van der Waals surface area contributed by atoms with Crippen LogP contribution in [0.3, 0.4) is 0 Å². The quantitative estimate of drug-likeness (QED) is 0.864. The molecular formula is C17H24ClNO. The zero-order chi connectivity index (χ0) is 14.0. The van der Waals surface area contributed by atoms with Crippen LogP contribution in [-0.2, 0) is 11.2 Å². The highest BCUT2D eigenvalue weighted by atomic mass is 35.5. The highest BCUT2D eigenvalue weighted by Crippen LogP contribution is 2.49. The number of ether oxygens (including phenoxy) is 1. The molecule has 1 aromatic carbocycles. The smallest absolute Gasteiger partial charge is 0.0675 e. The fraction of sp³-hybridized carbons (Fsp3) is 0.647. The summed E-state index contributed by atoms with van der Waals surface area (Å²) in [5.74, 6) is 0.795. The van der Waals surface area contributed by atoms with Crippen LogP contribution >= 0.6 is 11.6 Å². The van der Waals surface area contributed by atoms with E-state index in [9.17, 15) is 0 Å². The van der Waals surface area contributed by atoms with Crippen LogP contribution in [0.4, 0.5) is 0 Å². The summed E-state index contributed by atoms with van der Waals surface area (Å²) in [5, 5.41) is 4.38. The molecule has 1 saturated carbocycles. The molecule has 1 N–H and O–H groups in total. The predicted octanol–water partition coefficient (Wildman–Crippen LogP) is 3.68. The Labute approximate surface area is 126 Å². The lowest BCUT2D eigenvalue weighted by Gasteiger charge is -2.35. The van der Waals surface area contributed by atoms with Crippen molar-refractivity contribution in [3.63, 3.8) is 0 Å². The summed E-state index contributed by atoms with van der Waals surface area (Å²) in [5.41, 5.74) is 1.65. The monoisotopic (exact) mass is 293 g/mol. The van der Waals surface area contributed by atoms with Crippen molar-refractivity contribution in [2.45, 2.75) is 38.7 Å². The third kappa shape index (κ3) is 3.03. The maximum Gasteiger partial charge on any atom is 0.0675 e. The van der Waals surface area contributed by atoms with Crippen LogP contribution in [-0.4, -0.2) is 25.8 Å². The molecule has 3 heteroatoms. The summed E-state index contributed by atoms with van der Waals surface area (Å²) in [6, 6.07) is 8.33. The third-order valence-electron chi connectivity index (χ3n) is 4.75. The minimum atomic E-state index is 0.269. The summed E-state index contributed by atoms with van der Waals surface area (Å²) < 4.78 is 6.12.